The van der Waals surface area contributed by atoms with E-state index in [2.05, 4.69) is 20.4 Å². The van der Waals surface area contributed by atoms with Gasteiger partial charge in [0.2, 0.25) is 0 Å². The van der Waals surface area contributed by atoms with Gasteiger partial charge in [0, 0.05) is 12.3 Å². The Morgan fingerprint density at radius 3 is 3.04 bits per heavy atom. The smallest absolute Gasteiger partial charge is 0.277 e. The van der Waals surface area contributed by atoms with Crippen molar-refractivity contribution < 1.29 is 9.90 Å². The van der Waals surface area contributed by atoms with E-state index in [0.717, 1.165) is 10.6 Å². The van der Waals surface area contributed by atoms with Crippen LogP contribution in [-0.4, -0.2) is 37.4 Å². The van der Waals surface area contributed by atoms with Gasteiger partial charge in [-0.05, 0) is 11.4 Å². The highest BCUT2D eigenvalue weighted by Crippen LogP contribution is 2.26. The van der Waals surface area contributed by atoms with Crippen molar-refractivity contribution in [2.75, 3.05) is 11.9 Å². The fraction of sp³-hybridized carbons (Fsp3) is 0.143. The van der Waals surface area contributed by atoms with Gasteiger partial charge in [-0.25, -0.2) is 14.6 Å². The quantitative estimate of drug-likeness (QED) is 0.737. The molecule has 3 rings (SSSR count). The number of rotatable bonds is 5. The van der Waals surface area contributed by atoms with Crippen molar-refractivity contribution in [3.05, 3.63) is 46.8 Å². The maximum Gasteiger partial charge on any atom is 0.277 e. The Balaban J connectivity index is 1.89. The normalized spacial score (nSPS) is 10.7. The number of amides is 1. The summed E-state index contributed by atoms with van der Waals surface area (Å²) in [5, 5.41) is 18.4. The molecule has 3 heterocycles. The van der Waals surface area contributed by atoms with Crippen LogP contribution in [0.25, 0.3) is 10.6 Å². The third-order valence-corrected chi connectivity index (χ3v) is 4.16. The van der Waals surface area contributed by atoms with E-state index in [1.165, 1.54) is 17.2 Å². The first-order valence-electron chi connectivity index (χ1n) is 6.68. The van der Waals surface area contributed by atoms with Crippen molar-refractivity contribution >= 4 is 34.7 Å². The zero-order valence-corrected chi connectivity index (χ0v) is 13.4. The lowest BCUT2D eigenvalue weighted by molar-refractivity contribution is 0.102. The summed E-state index contributed by atoms with van der Waals surface area (Å²) in [5.41, 5.74) is 0.800. The van der Waals surface area contributed by atoms with Gasteiger partial charge in [0.15, 0.2) is 5.69 Å². The monoisotopic (exact) mass is 349 g/mol. The van der Waals surface area contributed by atoms with E-state index in [-0.39, 0.29) is 23.9 Å². The predicted octanol–water partition coefficient (Wildman–Crippen LogP) is 2.30. The average Bonchev–Trinajstić information content (AvgIpc) is 3.18. The van der Waals surface area contributed by atoms with Gasteiger partial charge in [0.05, 0.1) is 23.1 Å². The summed E-state index contributed by atoms with van der Waals surface area (Å²) in [7, 11) is 0. The molecule has 0 fully saturated rings. The number of aromatic nitrogens is 4. The van der Waals surface area contributed by atoms with Gasteiger partial charge in [-0.1, -0.05) is 17.7 Å². The van der Waals surface area contributed by atoms with E-state index >= 15 is 0 Å². The van der Waals surface area contributed by atoms with Crippen LogP contribution >= 0.6 is 22.9 Å². The van der Waals surface area contributed by atoms with Crippen LogP contribution in [0.1, 0.15) is 10.5 Å². The molecule has 118 valence electrons. The van der Waals surface area contributed by atoms with Crippen molar-refractivity contribution in [3.63, 3.8) is 0 Å². The molecule has 0 bridgehead atoms. The average molecular weight is 350 g/mol. The summed E-state index contributed by atoms with van der Waals surface area (Å²) in [5.74, 6) is -0.00338. The molecule has 0 aliphatic heterocycles. The van der Waals surface area contributed by atoms with Gasteiger partial charge in [-0.3, -0.25) is 4.79 Å². The van der Waals surface area contributed by atoms with Crippen LogP contribution in [0, 0.1) is 0 Å². The number of anilines is 1. The fourth-order valence-electron chi connectivity index (χ4n) is 1.98. The van der Waals surface area contributed by atoms with Gasteiger partial charge >= 0.3 is 0 Å². The Kier molecular flexibility index (Phi) is 4.65. The Labute approximate surface area is 140 Å². The molecule has 9 heteroatoms. The highest BCUT2D eigenvalue weighted by atomic mass is 35.5. The number of carbonyl (C=O) groups is 1. The molecule has 0 aromatic carbocycles. The number of hydrogen-bond donors (Lipinski definition) is 2. The number of thiophene rings is 1. The third kappa shape index (κ3) is 3.39. The largest absolute Gasteiger partial charge is 0.394 e. The van der Waals surface area contributed by atoms with E-state index in [1.807, 2.05) is 17.5 Å². The number of aliphatic hydroxyl groups is 1. The van der Waals surface area contributed by atoms with Crippen LogP contribution in [0.3, 0.4) is 0 Å². The maximum atomic E-state index is 12.3. The van der Waals surface area contributed by atoms with Crippen LogP contribution in [-0.2, 0) is 6.54 Å². The van der Waals surface area contributed by atoms with Crippen LogP contribution in [0.2, 0.25) is 5.02 Å². The second kappa shape index (κ2) is 6.86. The molecule has 0 saturated heterocycles. The van der Waals surface area contributed by atoms with Crippen LogP contribution < -0.4 is 5.32 Å². The van der Waals surface area contributed by atoms with Crippen LogP contribution in [0.15, 0.2) is 36.1 Å². The molecule has 7 nitrogen and oxygen atoms in total. The molecule has 0 radical (unpaired) electrons. The van der Waals surface area contributed by atoms with Crippen molar-refractivity contribution in [1.82, 2.24) is 19.7 Å². The zero-order valence-electron chi connectivity index (χ0n) is 11.8. The minimum atomic E-state index is -0.464. The Hall–Kier alpha value is -2.29. The molecular weight excluding hydrogens is 338 g/mol. The maximum absolute atomic E-state index is 12.3. The van der Waals surface area contributed by atoms with Gasteiger partial charge in [-0.2, -0.15) is 5.10 Å². The number of nitrogens with zero attached hydrogens (tertiary/aromatic N) is 4. The molecule has 3 aromatic heterocycles. The number of nitrogens with one attached hydrogen (secondary N) is 1. The highest BCUT2D eigenvalue weighted by molar-refractivity contribution is 7.13. The molecular formula is C14H12ClN5O2S. The minimum absolute atomic E-state index is 0.0797. The van der Waals surface area contributed by atoms with Gasteiger partial charge in [-0.15, -0.1) is 11.3 Å². The predicted molar refractivity (Wildman–Crippen MR) is 87.6 cm³/mol. The summed E-state index contributed by atoms with van der Waals surface area (Å²) >= 11 is 7.47. The van der Waals surface area contributed by atoms with E-state index in [1.54, 1.807) is 17.4 Å². The summed E-state index contributed by atoms with van der Waals surface area (Å²) < 4.78 is 1.53. The van der Waals surface area contributed by atoms with Crippen molar-refractivity contribution in [2.45, 2.75) is 6.54 Å². The van der Waals surface area contributed by atoms with Crippen molar-refractivity contribution in [3.8, 4) is 10.6 Å². The second-order valence-electron chi connectivity index (χ2n) is 4.51. The van der Waals surface area contributed by atoms with Crippen LogP contribution in [0.5, 0.6) is 0 Å². The summed E-state index contributed by atoms with van der Waals surface area (Å²) in [4.78, 5) is 20.9. The molecule has 0 aliphatic rings. The van der Waals surface area contributed by atoms with Gasteiger partial charge < -0.3 is 10.4 Å². The standard InChI is InChI=1S/C14H12ClN5O2S/c15-9-7-16-8-17-13(9)14(22)18-12-6-10(11-2-1-5-23-11)19-20(12)3-4-21/h1-2,5-8,21H,3-4H2,(H,18,22). The molecule has 0 atom stereocenters. The summed E-state index contributed by atoms with van der Waals surface area (Å²) in [6.07, 6.45) is 2.61. The number of aliphatic hydroxyl groups excluding tert-OH is 1. The molecule has 0 saturated carbocycles. The third-order valence-electron chi connectivity index (χ3n) is 2.99. The first kappa shape index (κ1) is 15.6. The second-order valence-corrected chi connectivity index (χ2v) is 5.87. The molecule has 23 heavy (non-hydrogen) atoms. The van der Waals surface area contributed by atoms with Gasteiger partial charge in [0.1, 0.15) is 17.8 Å². The Bertz CT molecular complexity index is 818. The number of halogens is 1. The van der Waals surface area contributed by atoms with E-state index in [4.69, 9.17) is 16.7 Å². The van der Waals surface area contributed by atoms with Crippen molar-refractivity contribution in [1.29, 1.82) is 0 Å². The molecule has 0 aliphatic carbocycles. The van der Waals surface area contributed by atoms with Crippen molar-refractivity contribution in [2.24, 2.45) is 0 Å². The lowest BCUT2D eigenvalue weighted by Gasteiger charge is -2.07. The molecule has 1 amide bonds. The molecule has 3 aromatic rings. The molecule has 0 unspecified atom stereocenters. The Morgan fingerprint density at radius 1 is 1.48 bits per heavy atom. The fourth-order valence-corrected chi connectivity index (χ4v) is 2.85. The summed E-state index contributed by atoms with van der Waals surface area (Å²) in [6.45, 7) is 0.168. The number of carbonyl (C=O) groups excluding carboxylic acids is 1. The lowest BCUT2D eigenvalue weighted by Crippen LogP contribution is -2.18. The van der Waals surface area contributed by atoms with E-state index in [9.17, 15) is 4.79 Å². The lowest BCUT2D eigenvalue weighted by atomic mass is 10.3. The SMILES string of the molecule is O=C(Nc1cc(-c2cccs2)nn1CCO)c1ncncc1Cl. The Morgan fingerprint density at radius 2 is 2.35 bits per heavy atom. The number of hydrogen-bond acceptors (Lipinski definition) is 6. The first-order chi connectivity index (χ1) is 11.2. The minimum Gasteiger partial charge on any atom is -0.394 e. The molecule has 0 spiro atoms. The zero-order chi connectivity index (χ0) is 16.2. The molecule has 2 N–H and O–H groups in total. The summed E-state index contributed by atoms with van der Waals surface area (Å²) in [6, 6.07) is 5.60. The highest BCUT2D eigenvalue weighted by Gasteiger charge is 2.16. The topological polar surface area (TPSA) is 92.9 Å². The first-order valence-corrected chi connectivity index (χ1v) is 7.94. The van der Waals surface area contributed by atoms with Gasteiger partial charge in [0.25, 0.3) is 5.91 Å². The van der Waals surface area contributed by atoms with Crippen LogP contribution in [0.4, 0.5) is 5.82 Å². The van der Waals surface area contributed by atoms with E-state index < -0.39 is 5.91 Å². The van der Waals surface area contributed by atoms with E-state index in [0.29, 0.717) is 5.82 Å².